The lowest BCUT2D eigenvalue weighted by molar-refractivity contribution is -0.137. The Morgan fingerprint density at radius 1 is 0.912 bits per heavy atom. The molecule has 0 spiro atoms. The van der Waals surface area contributed by atoms with Crippen LogP contribution in [0.5, 0.6) is 0 Å². The van der Waals surface area contributed by atoms with Crippen molar-refractivity contribution >= 4 is 42.8 Å². The number of aliphatic carboxylic acids is 1. The van der Waals surface area contributed by atoms with Gasteiger partial charge in [-0.2, -0.15) is 0 Å². The molecule has 0 atom stereocenters. The summed E-state index contributed by atoms with van der Waals surface area (Å²) < 4.78 is 39.5. The zero-order valence-corrected chi connectivity index (χ0v) is 17.8. The quantitative estimate of drug-likeness (QED) is 0.349. The number of hydrogen-bond donors (Lipinski definition) is 3. The van der Waals surface area contributed by atoms with Crippen LogP contribution in [0, 0.1) is 11.6 Å². The topological polar surface area (TPSA) is 134 Å². The van der Waals surface area contributed by atoms with Crippen LogP contribution in [0.4, 0.5) is 8.78 Å². The van der Waals surface area contributed by atoms with Gasteiger partial charge in [-0.15, -0.1) is 0 Å². The number of ketones is 1. The molecule has 2 aromatic carbocycles. The number of rotatable bonds is 8. The van der Waals surface area contributed by atoms with Gasteiger partial charge in [0.2, 0.25) is 0 Å². The number of fused-ring (bicyclic) bond motifs is 2. The van der Waals surface area contributed by atoms with Crippen molar-refractivity contribution in [2.75, 3.05) is 13.1 Å². The van der Waals surface area contributed by atoms with Crippen LogP contribution in [0.2, 0.25) is 0 Å². The van der Waals surface area contributed by atoms with Gasteiger partial charge in [-0.05, 0) is 29.7 Å². The number of carbonyl (C=O) groups is 3. The maximum Gasteiger partial charge on any atom is 0.494 e. The minimum atomic E-state index is -1.53. The second-order valence-electron chi connectivity index (χ2n) is 7.97. The van der Waals surface area contributed by atoms with E-state index in [0.29, 0.717) is 11.1 Å². The highest BCUT2D eigenvalue weighted by Crippen LogP contribution is 2.19. The fourth-order valence-electron chi connectivity index (χ4n) is 4.09. The van der Waals surface area contributed by atoms with Crippen LogP contribution in [0.15, 0.2) is 24.3 Å². The molecule has 176 valence electrons. The molecule has 0 bridgehead atoms. The molecule has 34 heavy (non-hydrogen) atoms. The van der Waals surface area contributed by atoms with Gasteiger partial charge in [0.1, 0.15) is 18.2 Å². The lowest BCUT2D eigenvalue weighted by atomic mass is 9.77. The summed E-state index contributed by atoms with van der Waals surface area (Å²) in [6.07, 6.45) is -0.249. The van der Waals surface area contributed by atoms with Crippen molar-refractivity contribution in [3.05, 3.63) is 58.2 Å². The third kappa shape index (κ3) is 4.47. The summed E-state index contributed by atoms with van der Waals surface area (Å²) in [5.41, 5.74) is -0.135. The molecule has 0 aromatic heterocycles. The van der Waals surface area contributed by atoms with E-state index in [-0.39, 0.29) is 49.1 Å². The van der Waals surface area contributed by atoms with E-state index in [2.05, 4.69) is 0 Å². The lowest BCUT2D eigenvalue weighted by Crippen LogP contribution is -2.39. The molecule has 1 amide bonds. The number of nitrogens with zero attached hydrogens (tertiary/aromatic N) is 1. The second kappa shape index (κ2) is 9.63. The average Bonchev–Trinajstić information content (AvgIpc) is 3.36. The summed E-state index contributed by atoms with van der Waals surface area (Å²) in [5, 5.41) is 28.7. The molecule has 13 heteroatoms. The van der Waals surface area contributed by atoms with Crippen LogP contribution >= 0.6 is 0 Å². The average molecular weight is 473 g/mol. The molecular formula is C21H19B2F2NO8. The molecule has 0 aliphatic carbocycles. The summed E-state index contributed by atoms with van der Waals surface area (Å²) in [7, 11) is -2.99. The molecule has 3 N–H and O–H groups in total. The maximum atomic E-state index is 14.9. The smallest absolute Gasteiger partial charge is 0.480 e. The van der Waals surface area contributed by atoms with Crippen LogP contribution in [0.25, 0.3) is 0 Å². The van der Waals surface area contributed by atoms with Crippen LogP contribution in [0.1, 0.15) is 44.7 Å². The first-order valence-corrected chi connectivity index (χ1v) is 10.4. The maximum absolute atomic E-state index is 14.9. The van der Waals surface area contributed by atoms with Gasteiger partial charge < -0.3 is 29.4 Å². The largest absolute Gasteiger partial charge is 0.494 e. The predicted octanol–water partition coefficient (Wildman–Crippen LogP) is -0.410. The SMILES string of the molecule is O=C(O)CN(CCCC(=O)c1ccc2c(c1F)B(O)OC2)C(=O)c1ccc2c(c1F)B(O)OC2. The molecule has 0 saturated heterocycles. The Kier molecular flexibility index (Phi) is 6.80. The van der Waals surface area contributed by atoms with Crippen molar-refractivity contribution in [2.24, 2.45) is 0 Å². The summed E-state index contributed by atoms with van der Waals surface area (Å²) >= 11 is 0. The van der Waals surface area contributed by atoms with Crippen molar-refractivity contribution in [3.8, 4) is 0 Å². The molecule has 2 aliphatic rings. The Hall–Kier alpha value is -3.12. The predicted molar refractivity (Wildman–Crippen MR) is 115 cm³/mol. The Morgan fingerprint density at radius 3 is 2.00 bits per heavy atom. The molecule has 0 saturated carbocycles. The zero-order valence-electron chi connectivity index (χ0n) is 17.8. The van der Waals surface area contributed by atoms with E-state index in [9.17, 15) is 38.3 Å². The highest BCUT2D eigenvalue weighted by atomic mass is 19.1. The van der Waals surface area contributed by atoms with E-state index >= 15 is 0 Å². The molecule has 2 aliphatic heterocycles. The van der Waals surface area contributed by atoms with E-state index < -0.39 is 55.6 Å². The Labute approximate surface area is 193 Å². The standard InChI is InChI=1S/C21H19B2F2NO8/c24-19-13(5-3-11-9-33-22(31)17(11)19)15(27)2-1-7-26(8-16(28)29)21(30)14-6-4-12-10-34-23(32)18(12)20(14)25/h3-6,31-32H,1-2,7-10H2,(H,28,29). The van der Waals surface area contributed by atoms with E-state index in [4.69, 9.17) is 9.31 Å². The zero-order chi connectivity index (χ0) is 24.6. The molecule has 4 rings (SSSR count). The van der Waals surface area contributed by atoms with Crippen molar-refractivity contribution in [3.63, 3.8) is 0 Å². The summed E-state index contributed by atoms with van der Waals surface area (Å²) in [4.78, 5) is 37.6. The van der Waals surface area contributed by atoms with Gasteiger partial charge in [0.15, 0.2) is 5.78 Å². The number of carbonyl (C=O) groups excluding carboxylic acids is 2. The number of carboxylic acids is 1. The molecular weight excluding hydrogens is 454 g/mol. The molecule has 0 fully saturated rings. The van der Waals surface area contributed by atoms with Gasteiger partial charge in [-0.1, -0.05) is 12.1 Å². The van der Waals surface area contributed by atoms with Crippen molar-refractivity contribution < 1.29 is 47.6 Å². The van der Waals surface area contributed by atoms with E-state index in [1.54, 1.807) is 0 Å². The Balaban J connectivity index is 1.47. The Bertz CT molecular complexity index is 1180. The van der Waals surface area contributed by atoms with E-state index in [1.807, 2.05) is 0 Å². The fraction of sp³-hybridized carbons (Fsp3) is 0.286. The van der Waals surface area contributed by atoms with E-state index in [1.165, 1.54) is 24.3 Å². The molecule has 0 unspecified atom stereocenters. The first-order chi connectivity index (χ1) is 16.2. The summed E-state index contributed by atoms with van der Waals surface area (Å²) in [5.74, 6) is -4.76. The number of halogens is 2. The van der Waals surface area contributed by atoms with Crippen LogP contribution in [-0.2, 0) is 27.3 Å². The highest BCUT2D eigenvalue weighted by Gasteiger charge is 2.35. The Morgan fingerprint density at radius 2 is 1.44 bits per heavy atom. The summed E-state index contributed by atoms with van der Waals surface area (Å²) in [6, 6.07) is 5.37. The van der Waals surface area contributed by atoms with Crippen LogP contribution in [0.3, 0.4) is 0 Å². The number of amides is 1. The number of hydrogen-bond acceptors (Lipinski definition) is 7. The fourth-order valence-corrected chi connectivity index (χ4v) is 4.09. The number of carboxylic acid groups (broad SMARTS) is 1. The van der Waals surface area contributed by atoms with Crippen LogP contribution in [-0.4, -0.2) is 65.0 Å². The van der Waals surface area contributed by atoms with Crippen molar-refractivity contribution in [1.29, 1.82) is 0 Å². The van der Waals surface area contributed by atoms with Gasteiger partial charge in [0.25, 0.3) is 5.91 Å². The van der Waals surface area contributed by atoms with Crippen molar-refractivity contribution in [1.82, 2.24) is 4.90 Å². The van der Waals surface area contributed by atoms with Gasteiger partial charge >= 0.3 is 20.2 Å². The molecule has 0 radical (unpaired) electrons. The third-order valence-electron chi connectivity index (χ3n) is 5.80. The molecule has 9 nitrogen and oxygen atoms in total. The number of benzene rings is 2. The monoisotopic (exact) mass is 473 g/mol. The van der Waals surface area contributed by atoms with Crippen molar-refractivity contribution in [2.45, 2.75) is 26.1 Å². The first kappa shape index (κ1) is 24.0. The van der Waals surface area contributed by atoms with E-state index in [0.717, 1.165) is 4.90 Å². The van der Waals surface area contributed by atoms with Gasteiger partial charge in [-0.25, -0.2) is 8.78 Å². The second-order valence-corrected chi connectivity index (χ2v) is 7.97. The lowest BCUT2D eigenvalue weighted by Gasteiger charge is -2.21. The normalized spacial score (nSPS) is 14.2. The van der Waals surface area contributed by atoms with Gasteiger partial charge in [0, 0.05) is 23.9 Å². The minimum Gasteiger partial charge on any atom is -0.480 e. The third-order valence-corrected chi connectivity index (χ3v) is 5.80. The van der Waals surface area contributed by atoms with Gasteiger partial charge in [0.05, 0.1) is 24.3 Å². The van der Waals surface area contributed by atoms with Gasteiger partial charge in [-0.3, -0.25) is 14.4 Å². The molecule has 2 heterocycles. The first-order valence-electron chi connectivity index (χ1n) is 10.4. The molecule has 2 aromatic rings. The minimum absolute atomic E-state index is 0.0221. The van der Waals surface area contributed by atoms with Crippen LogP contribution < -0.4 is 10.9 Å². The number of Topliss-reactive ketones (excluding diaryl/α,β-unsaturated/α-hetero) is 1. The summed E-state index contributed by atoms with van der Waals surface area (Å²) in [6.45, 7) is -0.966. The highest BCUT2D eigenvalue weighted by molar-refractivity contribution is 6.62.